The van der Waals surface area contributed by atoms with Crippen LogP contribution in [0.3, 0.4) is 0 Å². The molecular formula is C14H8ClF3O3. The zero-order chi connectivity index (χ0) is 15.6. The normalized spacial score (nSPS) is 11.2. The molecule has 0 radical (unpaired) electrons. The highest BCUT2D eigenvalue weighted by Crippen LogP contribution is 2.36. The largest absolute Gasteiger partial charge is 0.478 e. The van der Waals surface area contributed by atoms with Crippen molar-refractivity contribution in [3.8, 4) is 11.5 Å². The predicted octanol–water partition coefficient (Wildman–Crippen LogP) is 4.85. The molecule has 0 aromatic heterocycles. The van der Waals surface area contributed by atoms with Gasteiger partial charge in [0.05, 0.1) is 16.1 Å². The van der Waals surface area contributed by atoms with Gasteiger partial charge in [0.2, 0.25) is 0 Å². The molecule has 0 aliphatic carbocycles. The van der Waals surface area contributed by atoms with Crippen LogP contribution < -0.4 is 4.74 Å². The number of ether oxygens (including phenoxy) is 1. The van der Waals surface area contributed by atoms with Crippen LogP contribution >= 0.6 is 11.6 Å². The molecular weight excluding hydrogens is 309 g/mol. The van der Waals surface area contributed by atoms with Crippen LogP contribution in [0.25, 0.3) is 0 Å². The van der Waals surface area contributed by atoms with Crippen molar-refractivity contribution in [1.82, 2.24) is 0 Å². The summed E-state index contributed by atoms with van der Waals surface area (Å²) in [5, 5.41) is 8.56. The molecule has 2 aromatic carbocycles. The number of alkyl halides is 3. The SMILES string of the molecule is O=C(O)c1ccc(Oc2ccc(C(F)(F)F)cc2Cl)cc1. The van der Waals surface area contributed by atoms with Gasteiger partial charge in [0, 0.05) is 0 Å². The molecule has 0 saturated heterocycles. The molecule has 7 heteroatoms. The first-order chi connectivity index (χ1) is 9.77. The van der Waals surface area contributed by atoms with Crippen molar-refractivity contribution in [3.63, 3.8) is 0 Å². The van der Waals surface area contributed by atoms with E-state index < -0.39 is 17.7 Å². The van der Waals surface area contributed by atoms with E-state index in [4.69, 9.17) is 21.4 Å². The van der Waals surface area contributed by atoms with Crippen LogP contribution in [0.5, 0.6) is 11.5 Å². The van der Waals surface area contributed by atoms with Crippen LogP contribution in [0.4, 0.5) is 13.2 Å². The molecule has 2 aromatic rings. The van der Waals surface area contributed by atoms with Crippen LogP contribution in [0.15, 0.2) is 42.5 Å². The lowest BCUT2D eigenvalue weighted by molar-refractivity contribution is -0.137. The fourth-order valence-electron chi connectivity index (χ4n) is 1.55. The van der Waals surface area contributed by atoms with Crippen molar-refractivity contribution in [2.75, 3.05) is 0 Å². The third-order valence-electron chi connectivity index (χ3n) is 2.59. The van der Waals surface area contributed by atoms with Crippen molar-refractivity contribution >= 4 is 17.6 Å². The van der Waals surface area contributed by atoms with Crippen LogP contribution in [0.2, 0.25) is 5.02 Å². The molecule has 0 aliphatic rings. The predicted molar refractivity (Wildman–Crippen MR) is 69.9 cm³/mol. The van der Waals surface area contributed by atoms with Gasteiger partial charge in [-0.05, 0) is 42.5 Å². The van der Waals surface area contributed by atoms with Crippen LogP contribution in [-0.4, -0.2) is 11.1 Å². The van der Waals surface area contributed by atoms with E-state index >= 15 is 0 Å². The Morgan fingerprint density at radius 2 is 1.71 bits per heavy atom. The molecule has 0 aliphatic heterocycles. The average molecular weight is 317 g/mol. The van der Waals surface area contributed by atoms with Gasteiger partial charge in [0.1, 0.15) is 11.5 Å². The summed E-state index contributed by atoms with van der Waals surface area (Å²) in [6.45, 7) is 0. The number of carboxylic acid groups (broad SMARTS) is 1. The zero-order valence-corrected chi connectivity index (χ0v) is 11.1. The number of carboxylic acids is 1. The van der Waals surface area contributed by atoms with Crippen molar-refractivity contribution < 1.29 is 27.8 Å². The standard InChI is InChI=1S/C14H8ClF3O3/c15-11-7-9(14(16,17)18)3-6-12(11)21-10-4-1-8(2-5-10)13(19)20/h1-7H,(H,19,20). The van der Waals surface area contributed by atoms with Gasteiger partial charge in [0.25, 0.3) is 0 Å². The lowest BCUT2D eigenvalue weighted by Crippen LogP contribution is -2.04. The molecule has 0 atom stereocenters. The first-order valence-corrected chi connectivity index (χ1v) is 6.03. The van der Waals surface area contributed by atoms with E-state index in [1.165, 1.54) is 24.3 Å². The molecule has 110 valence electrons. The first-order valence-electron chi connectivity index (χ1n) is 5.65. The Morgan fingerprint density at radius 3 is 2.19 bits per heavy atom. The van der Waals surface area contributed by atoms with Crippen LogP contribution in [0.1, 0.15) is 15.9 Å². The summed E-state index contributed by atoms with van der Waals surface area (Å²) >= 11 is 5.75. The number of hydrogen-bond donors (Lipinski definition) is 1. The third kappa shape index (κ3) is 3.66. The summed E-state index contributed by atoms with van der Waals surface area (Å²) in [6, 6.07) is 8.13. The maximum atomic E-state index is 12.5. The molecule has 0 bridgehead atoms. The van der Waals surface area contributed by atoms with E-state index in [-0.39, 0.29) is 22.1 Å². The van der Waals surface area contributed by atoms with E-state index in [1.54, 1.807) is 0 Å². The molecule has 0 spiro atoms. The maximum absolute atomic E-state index is 12.5. The van der Waals surface area contributed by atoms with Crippen LogP contribution in [-0.2, 0) is 6.18 Å². The van der Waals surface area contributed by atoms with E-state index in [1.807, 2.05) is 0 Å². The molecule has 0 unspecified atom stereocenters. The molecule has 0 heterocycles. The Hall–Kier alpha value is -2.21. The highest BCUT2D eigenvalue weighted by molar-refractivity contribution is 6.32. The van der Waals surface area contributed by atoms with Gasteiger partial charge in [-0.2, -0.15) is 13.2 Å². The summed E-state index contributed by atoms with van der Waals surface area (Å²) in [5.74, 6) is -0.775. The molecule has 2 rings (SSSR count). The minimum absolute atomic E-state index is 0.0488. The first kappa shape index (κ1) is 15.2. The minimum Gasteiger partial charge on any atom is -0.478 e. The number of hydrogen-bond acceptors (Lipinski definition) is 2. The van der Waals surface area contributed by atoms with Gasteiger partial charge in [0.15, 0.2) is 0 Å². The van der Waals surface area contributed by atoms with Crippen LogP contribution in [0, 0.1) is 0 Å². The fourth-order valence-corrected chi connectivity index (χ4v) is 1.77. The number of aromatic carboxylic acids is 1. The number of halogens is 4. The van der Waals surface area contributed by atoms with Crippen molar-refractivity contribution in [3.05, 3.63) is 58.6 Å². The quantitative estimate of drug-likeness (QED) is 0.880. The fraction of sp³-hybridized carbons (Fsp3) is 0.0714. The van der Waals surface area contributed by atoms with Crippen molar-refractivity contribution in [1.29, 1.82) is 0 Å². The lowest BCUT2D eigenvalue weighted by atomic mass is 10.2. The number of carbonyl (C=O) groups is 1. The second-order valence-corrected chi connectivity index (χ2v) is 4.48. The van der Waals surface area contributed by atoms with E-state index in [2.05, 4.69) is 0 Å². The monoisotopic (exact) mass is 316 g/mol. The van der Waals surface area contributed by atoms with Gasteiger partial charge in [-0.3, -0.25) is 0 Å². The Bertz CT molecular complexity index is 666. The van der Waals surface area contributed by atoms with Gasteiger partial charge < -0.3 is 9.84 Å². The van der Waals surface area contributed by atoms with Gasteiger partial charge in [-0.1, -0.05) is 11.6 Å². The van der Waals surface area contributed by atoms with E-state index in [0.717, 1.165) is 18.2 Å². The van der Waals surface area contributed by atoms with Crippen molar-refractivity contribution in [2.24, 2.45) is 0 Å². The van der Waals surface area contributed by atoms with Gasteiger partial charge >= 0.3 is 12.1 Å². The van der Waals surface area contributed by atoms with Gasteiger partial charge in [-0.15, -0.1) is 0 Å². The summed E-state index contributed by atoms with van der Waals surface area (Å²) in [5.41, 5.74) is -0.804. The van der Waals surface area contributed by atoms with E-state index in [0.29, 0.717) is 0 Å². The second-order valence-electron chi connectivity index (χ2n) is 4.07. The average Bonchev–Trinajstić information content (AvgIpc) is 2.40. The summed E-state index contributed by atoms with van der Waals surface area (Å²) in [7, 11) is 0. The third-order valence-corrected chi connectivity index (χ3v) is 2.88. The molecule has 1 N–H and O–H groups in total. The summed E-state index contributed by atoms with van der Waals surface area (Å²) in [4.78, 5) is 10.7. The number of rotatable bonds is 3. The molecule has 0 amide bonds. The Kier molecular flexibility index (Phi) is 4.09. The second kappa shape index (κ2) is 5.65. The highest BCUT2D eigenvalue weighted by Gasteiger charge is 2.31. The smallest absolute Gasteiger partial charge is 0.416 e. The molecule has 0 saturated carbocycles. The lowest BCUT2D eigenvalue weighted by Gasteiger charge is -2.11. The van der Waals surface area contributed by atoms with E-state index in [9.17, 15) is 18.0 Å². The summed E-state index contributed by atoms with van der Waals surface area (Å²) in [6.07, 6.45) is -4.48. The molecule has 0 fully saturated rings. The maximum Gasteiger partial charge on any atom is 0.416 e. The summed E-state index contributed by atoms with van der Waals surface area (Å²) < 4.78 is 42.8. The van der Waals surface area contributed by atoms with Crippen molar-refractivity contribution in [2.45, 2.75) is 6.18 Å². The van der Waals surface area contributed by atoms with Gasteiger partial charge in [-0.25, -0.2) is 4.79 Å². The molecule has 21 heavy (non-hydrogen) atoms. The number of benzene rings is 2. The Morgan fingerprint density at radius 1 is 1.10 bits per heavy atom. The minimum atomic E-state index is -4.48. The zero-order valence-electron chi connectivity index (χ0n) is 10.3. The Labute approximate surface area is 122 Å². The topological polar surface area (TPSA) is 46.5 Å². The Balaban J connectivity index is 2.22. The molecule has 3 nitrogen and oxygen atoms in total. The highest BCUT2D eigenvalue weighted by atomic mass is 35.5.